The van der Waals surface area contributed by atoms with E-state index in [0.717, 1.165) is 6.04 Å². The van der Waals surface area contributed by atoms with E-state index >= 15 is 0 Å². The van der Waals surface area contributed by atoms with Gasteiger partial charge < -0.3 is 4.90 Å². The molecule has 3 rings (SSSR count). The van der Waals surface area contributed by atoms with E-state index in [4.69, 9.17) is 0 Å². The van der Waals surface area contributed by atoms with Gasteiger partial charge in [-0.2, -0.15) is 5.10 Å². The van der Waals surface area contributed by atoms with Crippen molar-refractivity contribution in [3.8, 4) is 0 Å². The second-order valence-electron chi connectivity index (χ2n) is 5.36. The number of piperazine rings is 1. The maximum atomic E-state index is 4.26. The number of aryl methyl sites for hydroxylation is 1. The molecule has 2 aliphatic rings. The molecule has 4 heteroatoms. The minimum absolute atomic E-state index is 0.686. The molecule has 4 nitrogen and oxygen atoms in total. The van der Waals surface area contributed by atoms with Gasteiger partial charge in [-0.3, -0.25) is 9.58 Å². The van der Waals surface area contributed by atoms with Crippen LogP contribution in [0.15, 0.2) is 12.4 Å². The van der Waals surface area contributed by atoms with Crippen LogP contribution in [-0.2, 0) is 7.05 Å². The van der Waals surface area contributed by atoms with Gasteiger partial charge in [0.1, 0.15) is 0 Å². The lowest BCUT2D eigenvalue weighted by atomic mass is 10.2. The molecule has 1 aromatic rings. The molecule has 0 radical (unpaired) electrons. The van der Waals surface area contributed by atoms with E-state index in [0.29, 0.717) is 12.1 Å². The van der Waals surface area contributed by atoms with E-state index in [9.17, 15) is 0 Å². The fraction of sp³-hybridized carbons (Fsp3) is 0.750. The first-order valence-electron chi connectivity index (χ1n) is 6.16. The summed E-state index contributed by atoms with van der Waals surface area (Å²) in [6, 6.07) is 2.15. The van der Waals surface area contributed by atoms with Crippen molar-refractivity contribution in [3.05, 3.63) is 12.4 Å². The van der Waals surface area contributed by atoms with Gasteiger partial charge in [0.05, 0.1) is 11.9 Å². The van der Waals surface area contributed by atoms with Gasteiger partial charge in [0.2, 0.25) is 0 Å². The van der Waals surface area contributed by atoms with Gasteiger partial charge in [-0.1, -0.05) is 0 Å². The zero-order valence-corrected chi connectivity index (χ0v) is 10.3. The molecule has 0 saturated carbocycles. The molecule has 0 amide bonds. The fourth-order valence-electron chi connectivity index (χ4n) is 3.20. The smallest absolute Gasteiger partial charge is 0.0755 e. The molecule has 2 fully saturated rings. The van der Waals surface area contributed by atoms with Crippen molar-refractivity contribution < 1.29 is 0 Å². The summed E-state index contributed by atoms with van der Waals surface area (Å²) in [6.45, 7) is 7.00. The van der Waals surface area contributed by atoms with E-state index < -0.39 is 0 Å². The van der Waals surface area contributed by atoms with Crippen molar-refractivity contribution >= 4 is 5.69 Å². The molecule has 2 atom stereocenters. The number of rotatable bonds is 2. The van der Waals surface area contributed by atoms with Crippen LogP contribution in [0.2, 0.25) is 0 Å². The molecule has 2 bridgehead atoms. The third-order valence-electron chi connectivity index (χ3n) is 3.97. The van der Waals surface area contributed by atoms with Crippen LogP contribution < -0.4 is 4.90 Å². The Labute approximate surface area is 96.8 Å². The average Bonchev–Trinajstić information content (AvgIpc) is 2.89. The third kappa shape index (κ3) is 1.44. The second-order valence-corrected chi connectivity index (χ2v) is 5.36. The van der Waals surface area contributed by atoms with Crippen molar-refractivity contribution in [2.24, 2.45) is 7.05 Å². The first-order chi connectivity index (χ1) is 7.65. The van der Waals surface area contributed by atoms with Crippen molar-refractivity contribution in [1.29, 1.82) is 0 Å². The molecule has 88 valence electrons. The van der Waals surface area contributed by atoms with Crippen molar-refractivity contribution in [2.45, 2.75) is 38.4 Å². The number of hydrogen-bond donors (Lipinski definition) is 0. The highest BCUT2D eigenvalue weighted by molar-refractivity contribution is 5.46. The number of fused-ring (bicyclic) bond motifs is 2. The molecule has 0 aliphatic carbocycles. The average molecular weight is 220 g/mol. The molecular formula is C12H20N4. The molecular weight excluding hydrogens is 200 g/mol. The molecule has 2 unspecified atom stereocenters. The predicted octanol–water partition coefficient (Wildman–Crippen LogP) is 1.09. The number of hydrogen-bond acceptors (Lipinski definition) is 3. The lowest BCUT2D eigenvalue weighted by molar-refractivity contribution is 0.191. The van der Waals surface area contributed by atoms with Gasteiger partial charge in [0, 0.05) is 44.5 Å². The molecule has 3 heterocycles. The maximum Gasteiger partial charge on any atom is 0.0755 e. The first kappa shape index (κ1) is 10.1. The van der Waals surface area contributed by atoms with E-state index in [2.05, 4.69) is 34.9 Å². The number of aromatic nitrogens is 2. The molecule has 0 N–H and O–H groups in total. The maximum absolute atomic E-state index is 4.26. The summed E-state index contributed by atoms with van der Waals surface area (Å²) < 4.78 is 1.89. The Bertz CT molecular complexity index is 384. The highest BCUT2D eigenvalue weighted by Gasteiger charge is 2.44. The third-order valence-corrected chi connectivity index (χ3v) is 3.97. The van der Waals surface area contributed by atoms with Crippen LogP contribution in [0.25, 0.3) is 0 Å². The van der Waals surface area contributed by atoms with E-state index in [-0.39, 0.29) is 0 Å². The quantitative estimate of drug-likeness (QED) is 0.745. The Morgan fingerprint density at radius 3 is 2.62 bits per heavy atom. The van der Waals surface area contributed by atoms with Crippen LogP contribution in [0.5, 0.6) is 0 Å². The Morgan fingerprint density at radius 2 is 2.12 bits per heavy atom. The van der Waals surface area contributed by atoms with E-state index in [1.807, 2.05) is 17.9 Å². The fourth-order valence-corrected chi connectivity index (χ4v) is 3.20. The minimum Gasteiger partial charge on any atom is -0.363 e. The van der Waals surface area contributed by atoms with Crippen LogP contribution in [0, 0.1) is 0 Å². The number of nitrogens with zero attached hydrogens (tertiary/aromatic N) is 4. The zero-order chi connectivity index (χ0) is 11.3. The Balaban J connectivity index is 1.76. The number of anilines is 1. The summed E-state index contributed by atoms with van der Waals surface area (Å²) in [7, 11) is 1.98. The largest absolute Gasteiger partial charge is 0.363 e. The van der Waals surface area contributed by atoms with Gasteiger partial charge in [-0.15, -0.1) is 0 Å². The topological polar surface area (TPSA) is 24.3 Å². The lowest BCUT2D eigenvalue weighted by Crippen LogP contribution is -2.48. The molecule has 16 heavy (non-hydrogen) atoms. The standard InChI is InChI=1S/C12H20N4/c1-9(2)15-7-11-4-10(15)8-16(11)12-5-13-14(3)6-12/h5-6,9-11H,4,7-8H2,1-3H3. The summed E-state index contributed by atoms with van der Waals surface area (Å²) in [5, 5.41) is 4.26. The summed E-state index contributed by atoms with van der Waals surface area (Å²) in [5.74, 6) is 0. The summed E-state index contributed by atoms with van der Waals surface area (Å²) in [5.41, 5.74) is 1.29. The van der Waals surface area contributed by atoms with Crippen molar-refractivity contribution in [3.63, 3.8) is 0 Å². The van der Waals surface area contributed by atoms with Gasteiger partial charge in [-0.25, -0.2) is 0 Å². The molecule has 2 aliphatic heterocycles. The summed E-state index contributed by atoms with van der Waals surface area (Å²) >= 11 is 0. The van der Waals surface area contributed by atoms with Gasteiger partial charge >= 0.3 is 0 Å². The Morgan fingerprint density at radius 1 is 1.31 bits per heavy atom. The SMILES string of the molecule is CC(C)N1CC2CC1CN2c1cnn(C)c1. The molecule has 1 aromatic heterocycles. The second kappa shape index (κ2) is 3.48. The molecule has 0 aromatic carbocycles. The van der Waals surface area contributed by atoms with Crippen LogP contribution >= 0.6 is 0 Å². The van der Waals surface area contributed by atoms with Crippen molar-refractivity contribution in [1.82, 2.24) is 14.7 Å². The summed E-state index contributed by atoms with van der Waals surface area (Å²) in [4.78, 5) is 5.16. The van der Waals surface area contributed by atoms with Crippen molar-refractivity contribution in [2.75, 3.05) is 18.0 Å². The van der Waals surface area contributed by atoms with Crippen LogP contribution in [0.3, 0.4) is 0 Å². The summed E-state index contributed by atoms with van der Waals surface area (Å²) in [6.07, 6.45) is 5.44. The normalized spacial score (nSPS) is 29.6. The minimum atomic E-state index is 0.686. The highest BCUT2D eigenvalue weighted by atomic mass is 15.4. The monoisotopic (exact) mass is 220 g/mol. The van der Waals surface area contributed by atoms with Crippen LogP contribution in [0.1, 0.15) is 20.3 Å². The number of likely N-dealkylation sites (tertiary alicyclic amines) is 1. The Kier molecular flexibility index (Phi) is 2.21. The first-order valence-corrected chi connectivity index (χ1v) is 6.16. The highest BCUT2D eigenvalue weighted by Crippen LogP contribution is 2.35. The van der Waals surface area contributed by atoms with E-state index in [1.165, 1.54) is 25.2 Å². The molecule has 2 saturated heterocycles. The van der Waals surface area contributed by atoms with Crippen LogP contribution in [0.4, 0.5) is 5.69 Å². The van der Waals surface area contributed by atoms with Gasteiger partial charge in [0.25, 0.3) is 0 Å². The lowest BCUT2D eigenvalue weighted by Gasteiger charge is -2.36. The van der Waals surface area contributed by atoms with Gasteiger partial charge in [-0.05, 0) is 20.3 Å². The van der Waals surface area contributed by atoms with E-state index in [1.54, 1.807) is 0 Å². The van der Waals surface area contributed by atoms with Crippen LogP contribution in [-0.4, -0.2) is 45.9 Å². The zero-order valence-electron chi connectivity index (χ0n) is 10.3. The Hall–Kier alpha value is -1.03. The van der Waals surface area contributed by atoms with Gasteiger partial charge in [0.15, 0.2) is 0 Å². The molecule has 0 spiro atoms. The predicted molar refractivity (Wildman–Crippen MR) is 64.6 cm³/mol.